The van der Waals surface area contributed by atoms with Crippen molar-refractivity contribution in [2.24, 2.45) is 5.92 Å². The van der Waals surface area contributed by atoms with Crippen LogP contribution in [0.4, 0.5) is 0 Å². The summed E-state index contributed by atoms with van der Waals surface area (Å²) in [5, 5.41) is 6.10. The third-order valence-electron chi connectivity index (χ3n) is 3.32. The Morgan fingerprint density at radius 1 is 1.44 bits per heavy atom. The van der Waals surface area contributed by atoms with Crippen LogP contribution in [0.15, 0.2) is 0 Å². The minimum absolute atomic E-state index is 0.0573. The van der Waals surface area contributed by atoms with E-state index in [0.717, 1.165) is 5.92 Å². The number of hydrogen-bond donors (Lipinski definition) is 2. The van der Waals surface area contributed by atoms with Crippen LogP contribution in [-0.2, 0) is 9.53 Å². The Labute approximate surface area is 98.1 Å². The van der Waals surface area contributed by atoms with E-state index in [1.165, 1.54) is 25.7 Å². The zero-order valence-corrected chi connectivity index (χ0v) is 10.4. The number of carbonyl (C=O) groups is 1. The van der Waals surface area contributed by atoms with E-state index in [1.54, 1.807) is 7.11 Å². The molecule has 0 aliphatic heterocycles. The minimum Gasteiger partial charge on any atom is -0.383 e. The molecule has 0 heterocycles. The van der Waals surface area contributed by atoms with Crippen molar-refractivity contribution in [2.45, 2.75) is 38.6 Å². The molecular formula is C12H24N2O2. The van der Waals surface area contributed by atoms with Crippen LogP contribution < -0.4 is 10.6 Å². The van der Waals surface area contributed by atoms with Gasteiger partial charge < -0.3 is 15.4 Å². The van der Waals surface area contributed by atoms with E-state index in [-0.39, 0.29) is 5.91 Å². The number of nitrogens with one attached hydrogen (secondary N) is 2. The summed E-state index contributed by atoms with van der Waals surface area (Å²) in [5.74, 6) is 0.814. The first kappa shape index (κ1) is 13.5. The molecule has 1 rings (SSSR count). The molecule has 0 radical (unpaired) electrons. The molecule has 4 heteroatoms. The average Bonchev–Trinajstić information content (AvgIpc) is 2.79. The molecule has 1 unspecified atom stereocenters. The highest BCUT2D eigenvalue weighted by Gasteiger charge is 2.21. The van der Waals surface area contributed by atoms with Crippen molar-refractivity contribution in [3.63, 3.8) is 0 Å². The highest BCUT2D eigenvalue weighted by atomic mass is 16.5. The summed E-state index contributed by atoms with van der Waals surface area (Å²) in [4.78, 5) is 11.4. The lowest BCUT2D eigenvalue weighted by Gasteiger charge is -2.20. The number of hydrogen-bond acceptors (Lipinski definition) is 3. The molecule has 0 aromatic heterocycles. The first-order chi connectivity index (χ1) is 7.74. The average molecular weight is 228 g/mol. The highest BCUT2D eigenvalue weighted by molar-refractivity contribution is 5.77. The normalized spacial score (nSPS) is 18.6. The smallest absolute Gasteiger partial charge is 0.234 e. The number of carbonyl (C=O) groups excluding carboxylic acids is 1. The van der Waals surface area contributed by atoms with E-state index >= 15 is 0 Å². The largest absolute Gasteiger partial charge is 0.383 e. The predicted octanol–water partition coefficient (Wildman–Crippen LogP) is 0.917. The van der Waals surface area contributed by atoms with Gasteiger partial charge in [0.05, 0.1) is 13.2 Å². The molecule has 0 spiro atoms. The van der Waals surface area contributed by atoms with Gasteiger partial charge in [0.1, 0.15) is 0 Å². The quantitative estimate of drug-likeness (QED) is 0.637. The number of ether oxygens (including phenoxy) is 1. The Kier molecular flexibility index (Phi) is 6.42. The van der Waals surface area contributed by atoms with Crippen LogP contribution >= 0.6 is 0 Å². The molecule has 94 valence electrons. The third-order valence-corrected chi connectivity index (χ3v) is 3.32. The lowest BCUT2D eigenvalue weighted by atomic mass is 10.00. The standard InChI is InChI=1S/C12H24N2O2/c1-10(11-5-3-4-6-11)14-9-12(15)13-7-8-16-2/h10-11,14H,3-9H2,1-2H3,(H,13,15). The molecule has 1 fully saturated rings. The highest BCUT2D eigenvalue weighted by Crippen LogP contribution is 2.27. The molecule has 1 atom stereocenters. The van der Waals surface area contributed by atoms with Gasteiger partial charge in [-0.1, -0.05) is 12.8 Å². The summed E-state index contributed by atoms with van der Waals surface area (Å²) in [5.41, 5.74) is 0. The number of amides is 1. The zero-order valence-electron chi connectivity index (χ0n) is 10.4. The van der Waals surface area contributed by atoms with Crippen LogP contribution in [0, 0.1) is 5.92 Å². The zero-order chi connectivity index (χ0) is 11.8. The molecule has 16 heavy (non-hydrogen) atoms. The van der Waals surface area contributed by atoms with Gasteiger partial charge in [0.25, 0.3) is 0 Å². The topological polar surface area (TPSA) is 50.4 Å². The van der Waals surface area contributed by atoms with Crippen LogP contribution in [0.25, 0.3) is 0 Å². The van der Waals surface area contributed by atoms with Crippen LogP contribution in [-0.4, -0.2) is 38.8 Å². The van der Waals surface area contributed by atoms with Crippen LogP contribution in [0.5, 0.6) is 0 Å². The first-order valence-electron chi connectivity index (χ1n) is 6.23. The Balaban J connectivity index is 2.06. The molecule has 2 N–H and O–H groups in total. The Bertz CT molecular complexity index is 203. The fraction of sp³-hybridized carbons (Fsp3) is 0.917. The summed E-state index contributed by atoms with van der Waals surface area (Å²) in [6.07, 6.45) is 5.30. The van der Waals surface area contributed by atoms with Crippen LogP contribution in [0.2, 0.25) is 0 Å². The molecule has 0 bridgehead atoms. The minimum atomic E-state index is 0.0573. The van der Waals surface area contributed by atoms with Crippen molar-refractivity contribution in [1.29, 1.82) is 0 Å². The molecule has 0 saturated heterocycles. The van der Waals surface area contributed by atoms with Gasteiger partial charge in [0.15, 0.2) is 0 Å². The van der Waals surface area contributed by atoms with E-state index in [0.29, 0.717) is 25.7 Å². The molecule has 1 amide bonds. The molecule has 4 nitrogen and oxygen atoms in total. The fourth-order valence-corrected chi connectivity index (χ4v) is 2.23. The van der Waals surface area contributed by atoms with Crippen LogP contribution in [0.3, 0.4) is 0 Å². The molecule has 1 aliphatic rings. The summed E-state index contributed by atoms with van der Waals surface area (Å²) in [6, 6.07) is 0.454. The van der Waals surface area contributed by atoms with Crippen molar-refractivity contribution < 1.29 is 9.53 Å². The summed E-state index contributed by atoms with van der Waals surface area (Å²) < 4.78 is 4.86. The molecule has 1 saturated carbocycles. The van der Waals surface area contributed by atoms with Crippen LogP contribution in [0.1, 0.15) is 32.6 Å². The summed E-state index contributed by atoms with van der Waals surface area (Å²) in [6.45, 7) is 3.76. The maximum atomic E-state index is 11.4. The lowest BCUT2D eigenvalue weighted by Crippen LogP contribution is -2.41. The third kappa shape index (κ3) is 4.94. The Morgan fingerprint density at radius 2 is 2.12 bits per heavy atom. The van der Waals surface area contributed by atoms with Gasteiger partial charge in [-0.05, 0) is 25.7 Å². The summed E-state index contributed by atoms with van der Waals surface area (Å²) >= 11 is 0. The number of methoxy groups -OCH3 is 1. The van der Waals surface area contributed by atoms with Gasteiger partial charge in [-0.15, -0.1) is 0 Å². The van der Waals surface area contributed by atoms with E-state index < -0.39 is 0 Å². The van der Waals surface area contributed by atoms with Gasteiger partial charge in [-0.2, -0.15) is 0 Å². The molecule has 1 aliphatic carbocycles. The summed E-state index contributed by atoms with van der Waals surface area (Å²) in [7, 11) is 1.63. The van der Waals surface area contributed by atoms with E-state index in [1.807, 2.05) is 0 Å². The predicted molar refractivity (Wildman–Crippen MR) is 64.3 cm³/mol. The van der Waals surface area contributed by atoms with Crippen molar-refractivity contribution in [3.8, 4) is 0 Å². The van der Waals surface area contributed by atoms with E-state index in [9.17, 15) is 4.79 Å². The lowest BCUT2D eigenvalue weighted by molar-refractivity contribution is -0.120. The second kappa shape index (κ2) is 7.63. The number of rotatable bonds is 7. The Hall–Kier alpha value is -0.610. The fourth-order valence-electron chi connectivity index (χ4n) is 2.23. The van der Waals surface area contributed by atoms with Crippen molar-refractivity contribution in [3.05, 3.63) is 0 Å². The van der Waals surface area contributed by atoms with Gasteiger partial charge in [-0.25, -0.2) is 0 Å². The second-order valence-corrected chi connectivity index (χ2v) is 4.56. The van der Waals surface area contributed by atoms with Gasteiger partial charge >= 0.3 is 0 Å². The molecule has 0 aromatic rings. The maximum Gasteiger partial charge on any atom is 0.234 e. The second-order valence-electron chi connectivity index (χ2n) is 4.56. The van der Waals surface area contributed by atoms with Crippen molar-refractivity contribution in [1.82, 2.24) is 10.6 Å². The van der Waals surface area contributed by atoms with Crippen molar-refractivity contribution in [2.75, 3.05) is 26.8 Å². The van der Waals surface area contributed by atoms with Gasteiger partial charge in [-0.3, -0.25) is 4.79 Å². The maximum absolute atomic E-state index is 11.4. The van der Waals surface area contributed by atoms with E-state index in [4.69, 9.17) is 4.74 Å². The van der Waals surface area contributed by atoms with Gasteiger partial charge in [0.2, 0.25) is 5.91 Å². The van der Waals surface area contributed by atoms with Crippen molar-refractivity contribution >= 4 is 5.91 Å². The molecular weight excluding hydrogens is 204 g/mol. The Morgan fingerprint density at radius 3 is 2.75 bits per heavy atom. The van der Waals surface area contributed by atoms with Gasteiger partial charge in [0, 0.05) is 19.7 Å². The molecule has 0 aromatic carbocycles. The van der Waals surface area contributed by atoms with E-state index in [2.05, 4.69) is 17.6 Å². The first-order valence-corrected chi connectivity index (χ1v) is 6.23. The SMILES string of the molecule is COCCNC(=O)CNC(C)C1CCCC1. The monoisotopic (exact) mass is 228 g/mol.